The molecule has 1 aromatic carbocycles. The van der Waals surface area contributed by atoms with E-state index in [9.17, 15) is 4.79 Å². The highest BCUT2D eigenvalue weighted by atomic mass is 16.5. The molecule has 2 rings (SSSR count). The first-order valence-corrected chi connectivity index (χ1v) is 6.51. The number of benzene rings is 1. The van der Waals surface area contributed by atoms with Gasteiger partial charge in [-0.05, 0) is 6.92 Å². The Hall–Kier alpha value is -2.70. The summed E-state index contributed by atoms with van der Waals surface area (Å²) in [5, 5.41) is 4.20. The number of hydrogen-bond acceptors (Lipinski definition) is 6. The topological polar surface area (TPSA) is 71.8 Å². The molecule has 0 N–H and O–H groups in total. The van der Waals surface area contributed by atoms with Crippen LogP contribution in [0.2, 0.25) is 0 Å². The molecule has 1 aromatic heterocycles. The Labute approximate surface area is 128 Å². The van der Waals surface area contributed by atoms with E-state index in [0.29, 0.717) is 28.6 Å². The number of aryl methyl sites for hydroxylation is 1. The van der Waals surface area contributed by atoms with Gasteiger partial charge in [-0.3, -0.25) is 4.79 Å². The summed E-state index contributed by atoms with van der Waals surface area (Å²) < 4.78 is 22.5. The fraction of sp³-hybridized carbons (Fsp3) is 0.333. The van der Waals surface area contributed by atoms with Crippen molar-refractivity contribution in [2.24, 2.45) is 0 Å². The van der Waals surface area contributed by atoms with Gasteiger partial charge in [-0.1, -0.05) is 0 Å². The van der Waals surface area contributed by atoms with Gasteiger partial charge in [0.05, 0.1) is 34.1 Å². The van der Waals surface area contributed by atoms with E-state index in [1.54, 1.807) is 23.7 Å². The molecule has 0 radical (unpaired) electrons. The van der Waals surface area contributed by atoms with Crippen LogP contribution < -0.4 is 24.4 Å². The summed E-state index contributed by atoms with van der Waals surface area (Å²) >= 11 is 0. The van der Waals surface area contributed by atoms with Gasteiger partial charge in [-0.2, -0.15) is 0 Å². The highest BCUT2D eigenvalue weighted by molar-refractivity contribution is 5.58. The molecule has 0 saturated carbocycles. The third-order valence-corrected chi connectivity index (χ3v) is 3.16. The fourth-order valence-electron chi connectivity index (χ4n) is 2.12. The van der Waals surface area contributed by atoms with E-state index in [1.165, 1.54) is 34.5 Å². The summed E-state index contributed by atoms with van der Waals surface area (Å²) in [5.74, 6) is 1.49. The van der Waals surface area contributed by atoms with Gasteiger partial charge in [0.15, 0.2) is 11.5 Å². The SMILES string of the molecule is COc1cc(-n2nc(OC)c(=O)cc2C)cc(OC)c1OC. The van der Waals surface area contributed by atoms with Crippen LogP contribution in [0, 0.1) is 6.92 Å². The zero-order chi connectivity index (χ0) is 16.3. The predicted octanol–water partition coefficient (Wildman–Crippen LogP) is 1.58. The molecule has 1 heterocycles. The Bertz CT molecular complexity index is 714. The summed E-state index contributed by atoms with van der Waals surface area (Å²) in [5.41, 5.74) is 1.04. The molecule has 7 heteroatoms. The molecule has 0 aliphatic heterocycles. The van der Waals surface area contributed by atoms with Crippen molar-refractivity contribution in [2.45, 2.75) is 6.92 Å². The second-order valence-electron chi connectivity index (χ2n) is 4.45. The summed E-state index contributed by atoms with van der Waals surface area (Å²) in [4.78, 5) is 11.7. The second-order valence-corrected chi connectivity index (χ2v) is 4.45. The Morgan fingerprint density at radius 3 is 1.95 bits per heavy atom. The number of hydrogen-bond donors (Lipinski definition) is 0. The molecule has 0 fully saturated rings. The highest BCUT2D eigenvalue weighted by Gasteiger charge is 2.16. The van der Waals surface area contributed by atoms with Crippen molar-refractivity contribution < 1.29 is 18.9 Å². The molecule has 0 spiro atoms. The van der Waals surface area contributed by atoms with Crippen LogP contribution in [0.5, 0.6) is 23.1 Å². The summed E-state index contributed by atoms with van der Waals surface area (Å²) in [7, 11) is 6.01. The van der Waals surface area contributed by atoms with Crippen LogP contribution in [-0.4, -0.2) is 38.2 Å². The van der Waals surface area contributed by atoms with Crippen LogP contribution in [0.4, 0.5) is 0 Å². The van der Waals surface area contributed by atoms with Gasteiger partial charge in [0.2, 0.25) is 11.2 Å². The molecule has 22 heavy (non-hydrogen) atoms. The first-order chi connectivity index (χ1) is 10.5. The maximum absolute atomic E-state index is 11.7. The van der Waals surface area contributed by atoms with Crippen molar-refractivity contribution in [3.05, 3.63) is 34.1 Å². The number of nitrogens with zero attached hydrogens (tertiary/aromatic N) is 2. The smallest absolute Gasteiger partial charge is 0.279 e. The van der Waals surface area contributed by atoms with E-state index in [0.717, 1.165) is 0 Å². The number of rotatable bonds is 5. The Kier molecular flexibility index (Phi) is 4.55. The quantitative estimate of drug-likeness (QED) is 0.835. The minimum atomic E-state index is -0.274. The average molecular weight is 306 g/mol. The van der Waals surface area contributed by atoms with Crippen LogP contribution in [-0.2, 0) is 0 Å². The van der Waals surface area contributed by atoms with Gasteiger partial charge in [-0.25, -0.2) is 4.68 Å². The summed E-state index contributed by atoms with van der Waals surface area (Å²) in [6, 6.07) is 4.94. The molecular formula is C15H18N2O5. The average Bonchev–Trinajstić information content (AvgIpc) is 2.53. The molecular weight excluding hydrogens is 288 g/mol. The van der Waals surface area contributed by atoms with Crippen LogP contribution in [0.3, 0.4) is 0 Å². The van der Waals surface area contributed by atoms with Gasteiger partial charge in [0.1, 0.15) is 0 Å². The molecule has 2 aromatic rings. The van der Waals surface area contributed by atoms with E-state index < -0.39 is 0 Å². The number of aromatic nitrogens is 2. The Morgan fingerprint density at radius 1 is 0.909 bits per heavy atom. The number of ether oxygens (including phenoxy) is 4. The summed E-state index contributed by atoms with van der Waals surface area (Å²) in [6.07, 6.45) is 0. The molecule has 0 unspecified atom stereocenters. The maximum Gasteiger partial charge on any atom is 0.279 e. The monoisotopic (exact) mass is 306 g/mol. The van der Waals surface area contributed by atoms with E-state index in [-0.39, 0.29) is 11.3 Å². The van der Waals surface area contributed by atoms with Crippen molar-refractivity contribution in [2.75, 3.05) is 28.4 Å². The van der Waals surface area contributed by atoms with E-state index in [2.05, 4.69) is 5.10 Å². The lowest BCUT2D eigenvalue weighted by Crippen LogP contribution is -2.15. The molecule has 0 atom stereocenters. The third-order valence-electron chi connectivity index (χ3n) is 3.16. The zero-order valence-corrected chi connectivity index (χ0v) is 13.2. The normalized spacial score (nSPS) is 10.2. The molecule has 0 bridgehead atoms. The van der Waals surface area contributed by atoms with Gasteiger partial charge < -0.3 is 18.9 Å². The van der Waals surface area contributed by atoms with E-state index >= 15 is 0 Å². The van der Waals surface area contributed by atoms with E-state index in [4.69, 9.17) is 18.9 Å². The van der Waals surface area contributed by atoms with Crippen LogP contribution in [0.15, 0.2) is 23.0 Å². The molecule has 7 nitrogen and oxygen atoms in total. The number of methoxy groups -OCH3 is 4. The molecule has 118 valence electrons. The lowest BCUT2D eigenvalue weighted by atomic mass is 10.2. The summed E-state index contributed by atoms with van der Waals surface area (Å²) in [6.45, 7) is 1.77. The standard InChI is InChI=1S/C15H18N2O5/c1-9-6-11(18)15(22-5)16-17(9)10-7-12(19-2)14(21-4)13(8-10)20-3/h6-8H,1-5H3. The van der Waals surface area contributed by atoms with Gasteiger partial charge >= 0.3 is 0 Å². The molecule has 0 aliphatic rings. The highest BCUT2D eigenvalue weighted by Crippen LogP contribution is 2.39. The van der Waals surface area contributed by atoms with Crippen molar-refractivity contribution in [3.63, 3.8) is 0 Å². The van der Waals surface area contributed by atoms with Crippen LogP contribution >= 0.6 is 0 Å². The van der Waals surface area contributed by atoms with Crippen LogP contribution in [0.25, 0.3) is 5.69 Å². The first-order valence-electron chi connectivity index (χ1n) is 6.51. The minimum Gasteiger partial charge on any atom is -0.493 e. The minimum absolute atomic E-state index is 0.0133. The molecule has 0 aliphatic carbocycles. The molecule has 0 amide bonds. The Morgan fingerprint density at radius 2 is 1.50 bits per heavy atom. The lowest BCUT2D eigenvalue weighted by molar-refractivity contribution is 0.324. The fourth-order valence-corrected chi connectivity index (χ4v) is 2.12. The van der Waals surface area contributed by atoms with Gasteiger partial charge in [0.25, 0.3) is 5.88 Å². The van der Waals surface area contributed by atoms with Crippen molar-refractivity contribution in [1.82, 2.24) is 9.78 Å². The maximum atomic E-state index is 11.7. The van der Waals surface area contributed by atoms with Crippen molar-refractivity contribution in [1.29, 1.82) is 0 Å². The lowest BCUT2D eigenvalue weighted by Gasteiger charge is -2.16. The third kappa shape index (κ3) is 2.69. The predicted molar refractivity (Wildman–Crippen MR) is 80.8 cm³/mol. The van der Waals surface area contributed by atoms with Gasteiger partial charge in [-0.15, -0.1) is 5.10 Å². The second kappa shape index (κ2) is 6.38. The zero-order valence-electron chi connectivity index (χ0n) is 13.2. The van der Waals surface area contributed by atoms with E-state index in [1.807, 2.05) is 0 Å². The van der Waals surface area contributed by atoms with Crippen LogP contribution in [0.1, 0.15) is 5.69 Å². The molecule has 0 saturated heterocycles. The van der Waals surface area contributed by atoms with Crippen molar-refractivity contribution >= 4 is 0 Å². The Balaban J connectivity index is 2.70. The largest absolute Gasteiger partial charge is 0.493 e. The van der Waals surface area contributed by atoms with Crippen molar-refractivity contribution in [3.8, 4) is 28.8 Å². The van der Waals surface area contributed by atoms with Gasteiger partial charge in [0, 0.05) is 23.9 Å². The first kappa shape index (κ1) is 15.7.